The summed E-state index contributed by atoms with van der Waals surface area (Å²) >= 11 is 2.13. The van der Waals surface area contributed by atoms with E-state index in [2.05, 4.69) is 41.3 Å². The average molecular weight is 331 g/mol. The van der Waals surface area contributed by atoms with Crippen LogP contribution in [0.15, 0.2) is 18.2 Å². The van der Waals surface area contributed by atoms with Gasteiger partial charge in [0.25, 0.3) is 0 Å². The Hall–Kier alpha value is -0.780. The molecule has 3 nitrogen and oxygen atoms in total. The van der Waals surface area contributed by atoms with Crippen LogP contribution in [0.25, 0.3) is 0 Å². The molecule has 0 amide bonds. The second-order valence-electron chi connectivity index (χ2n) is 4.99. The lowest BCUT2D eigenvalue weighted by Gasteiger charge is -2.47. The van der Waals surface area contributed by atoms with Crippen LogP contribution in [0.5, 0.6) is 0 Å². The van der Waals surface area contributed by atoms with Gasteiger partial charge in [0.15, 0.2) is 0 Å². The van der Waals surface area contributed by atoms with E-state index in [1.54, 1.807) is 6.07 Å². The van der Waals surface area contributed by atoms with Crippen LogP contribution in [-0.2, 0) is 0 Å². The summed E-state index contributed by atoms with van der Waals surface area (Å²) in [7, 11) is 0. The maximum absolute atomic E-state index is 11.1. The second kappa shape index (κ2) is 3.91. The van der Waals surface area contributed by atoms with Crippen molar-refractivity contribution in [1.29, 1.82) is 0 Å². The van der Waals surface area contributed by atoms with Gasteiger partial charge in [0.1, 0.15) is 0 Å². The molecule has 1 aromatic carbocycles. The molecule has 0 aliphatic carbocycles. The maximum atomic E-state index is 11.1. The third-order valence-corrected chi connectivity index (χ3v) is 3.44. The first-order chi connectivity index (χ1) is 7.39. The Kier molecular flexibility index (Phi) is 2.86. The number of rotatable bonds is 2. The second-order valence-corrected chi connectivity index (χ2v) is 6.23. The fourth-order valence-corrected chi connectivity index (χ4v) is 2.60. The average Bonchev–Trinajstić information content (AvgIpc) is 2.14. The molecule has 0 spiro atoms. The Morgan fingerprint density at radius 1 is 1.44 bits per heavy atom. The van der Waals surface area contributed by atoms with Crippen LogP contribution in [0.1, 0.15) is 24.2 Å². The molecule has 86 valence electrons. The van der Waals surface area contributed by atoms with Crippen molar-refractivity contribution < 1.29 is 9.90 Å². The van der Waals surface area contributed by atoms with Gasteiger partial charge in [-0.05, 0) is 46.2 Å². The fraction of sp³-hybridized carbons (Fsp3) is 0.417. The van der Waals surface area contributed by atoms with Gasteiger partial charge >= 0.3 is 5.97 Å². The molecular formula is C12H14INO2. The van der Waals surface area contributed by atoms with Gasteiger partial charge in [-0.3, -0.25) is 0 Å². The molecule has 1 aliphatic rings. The first-order valence-corrected chi connectivity index (χ1v) is 6.25. The van der Waals surface area contributed by atoms with Crippen molar-refractivity contribution >= 4 is 34.2 Å². The van der Waals surface area contributed by atoms with E-state index in [0.29, 0.717) is 11.0 Å². The molecule has 0 atom stereocenters. The summed E-state index contributed by atoms with van der Waals surface area (Å²) < 4.78 is 0.957. The van der Waals surface area contributed by atoms with E-state index in [-0.39, 0.29) is 0 Å². The minimum Gasteiger partial charge on any atom is -0.478 e. The third-order valence-electron chi connectivity index (χ3n) is 2.77. The van der Waals surface area contributed by atoms with Crippen molar-refractivity contribution in [2.24, 2.45) is 5.41 Å². The molecule has 16 heavy (non-hydrogen) atoms. The number of hydrogen-bond donors (Lipinski definition) is 1. The van der Waals surface area contributed by atoms with Crippen molar-refractivity contribution in [2.45, 2.75) is 13.8 Å². The van der Waals surface area contributed by atoms with E-state index in [1.165, 1.54) is 0 Å². The Morgan fingerprint density at radius 2 is 2.06 bits per heavy atom. The zero-order chi connectivity index (χ0) is 11.9. The lowest BCUT2D eigenvalue weighted by molar-refractivity contribution is 0.0696. The van der Waals surface area contributed by atoms with Crippen LogP contribution in [-0.4, -0.2) is 24.2 Å². The highest BCUT2D eigenvalue weighted by molar-refractivity contribution is 14.1. The number of aromatic carboxylic acids is 1. The molecule has 1 aromatic rings. The Bertz CT molecular complexity index is 435. The van der Waals surface area contributed by atoms with Gasteiger partial charge in [-0.1, -0.05) is 13.8 Å². The lowest BCUT2D eigenvalue weighted by atomic mass is 9.83. The molecule has 0 aromatic heterocycles. The summed E-state index contributed by atoms with van der Waals surface area (Å²) in [5.41, 5.74) is 1.55. The highest BCUT2D eigenvalue weighted by Gasteiger charge is 2.35. The predicted molar refractivity (Wildman–Crippen MR) is 72.1 cm³/mol. The van der Waals surface area contributed by atoms with E-state index in [0.717, 1.165) is 22.3 Å². The monoisotopic (exact) mass is 331 g/mol. The summed E-state index contributed by atoms with van der Waals surface area (Å²) in [6.45, 7) is 6.23. The summed E-state index contributed by atoms with van der Waals surface area (Å²) in [5.74, 6) is -0.849. The van der Waals surface area contributed by atoms with Gasteiger partial charge in [0.05, 0.1) is 11.3 Å². The number of carbonyl (C=O) groups is 1. The number of benzene rings is 1. The largest absolute Gasteiger partial charge is 0.478 e. The smallest absolute Gasteiger partial charge is 0.337 e. The summed E-state index contributed by atoms with van der Waals surface area (Å²) in [4.78, 5) is 13.3. The van der Waals surface area contributed by atoms with Crippen LogP contribution < -0.4 is 4.90 Å². The van der Waals surface area contributed by atoms with Gasteiger partial charge in [-0.15, -0.1) is 0 Å². The van der Waals surface area contributed by atoms with Crippen molar-refractivity contribution in [3.05, 3.63) is 27.3 Å². The summed E-state index contributed by atoms with van der Waals surface area (Å²) in [5, 5.41) is 9.16. The lowest BCUT2D eigenvalue weighted by Crippen LogP contribution is -2.53. The van der Waals surface area contributed by atoms with Crippen molar-refractivity contribution in [1.82, 2.24) is 0 Å². The maximum Gasteiger partial charge on any atom is 0.337 e. The first kappa shape index (κ1) is 11.7. The van der Waals surface area contributed by atoms with Gasteiger partial charge in [0.2, 0.25) is 0 Å². The molecule has 1 N–H and O–H groups in total. The summed E-state index contributed by atoms with van der Waals surface area (Å²) in [6.07, 6.45) is 0. The standard InChI is InChI=1S/C12H14INO2/c1-12(2)6-14(7-12)10-4-3-8(13)5-9(10)11(15)16/h3-5H,6-7H2,1-2H3,(H,15,16). The molecule has 4 heteroatoms. The van der Waals surface area contributed by atoms with Crippen molar-refractivity contribution in [3.8, 4) is 0 Å². The van der Waals surface area contributed by atoms with Crippen LogP contribution in [0.2, 0.25) is 0 Å². The predicted octanol–water partition coefficient (Wildman–Crippen LogP) is 2.84. The Labute approximate surface area is 109 Å². The third kappa shape index (κ3) is 2.16. The zero-order valence-electron chi connectivity index (χ0n) is 9.33. The molecule has 1 heterocycles. The minimum absolute atomic E-state index is 0.304. The van der Waals surface area contributed by atoms with E-state index in [9.17, 15) is 4.79 Å². The van der Waals surface area contributed by atoms with Crippen molar-refractivity contribution in [2.75, 3.05) is 18.0 Å². The molecule has 0 unspecified atom stereocenters. The molecule has 1 aliphatic heterocycles. The SMILES string of the molecule is CC1(C)CN(c2ccc(I)cc2C(=O)O)C1. The minimum atomic E-state index is -0.849. The van der Waals surface area contributed by atoms with E-state index in [4.69, 9.17) is 5.11 Å². The quantitative estimate of drug-likeness (QED) is 0.848. The fourth-order valence-electron chi connectivity index (χ4n) is 2.11. The van der Waals surface area contributed by atoms with Gasteiger partial charge in [0, 0.05) is 16.7 Å². The van der Waals surface area contributed by atoms with Gasteiger partial charge < -0.3 is 10.0 Å². The topological polar surface area (TPSA) is 40.5 Å². The number of halogens is 1. The molecule has 0 saturated carbocycles. The number of carboxylic acid groups (broad SMARTS) is 1. The van der Waals surface area contributed by atoms with Crippen LogP contribution in [0, 0.1) is 8.99 Å². The Morgan fingerprint density at radius 3 is 2.56 bits per heavy atom. The number of anilines is 1. The highest BCUT2D eigenvalue weighted by Crippen LogP contribution is 2.35. The van der Waals surface area contributed by atoms with E-state index >= 15 is 0 Å². The van der Waals surface area contributed by atoms with Crippen LogP contribution >= 0.6 is 22.6 Å². The van der Waals surface area contributed by atoms with Crippen LogP contribution in [0.3, 0.4) is 0 Å². The highest BCUT2D eigenvalue weighted by atomic mass is 127. The molecule has 2 rings (SSSR count). The molecular weight excluding hydrogens is 317 g/mol. The zero-order valence-corrected chi connectivity index (χ0v) is 11.5. The number of carboxylic acids is 1. The Balaban J connectivity index is 2.31. The molecule has 0 bridgehead atoms. The van der Waals surface area contributed by atoms with E-state index in [1.807, 2.05) is 12.1 Å². The van der Waals surface area contributed by atoms with Gasteiger partial charge in [-0.25, -0.2) is 4.79 Å². The van der Waals surface area contributed by atoms with Crippen LogP contribution in [0.4, 0.5) is 5.69 Å². The number of hydrogen-bond acceptors (Lipinski definition) is 2. The van der Waals surface area contributed by atoms with Gasteiger partial charge in [-0.2, -0.15) is 0 Å². The van der Waals surface area contributed by atoms with Crippen molar-refractivity contribution in [3.63, 3.8) is 0 Å². The normalized spacial score (nSPS) is 18.1. The molecule has 1 saturated heterocycles. The molecule has 0 radical (unpaired) electrons. The number of nitrogens with zero attached hydrogens (tertiary/aromatic N) is 1. The van der Waals surface area contributed by atoms with E-state index < -0.39 is 5.97 Å². The summed E-state index contributed by atoms with van der Waals surface area (Å²) in [6, 6.07) is 5.58. The first-order valence-electron chi connectivity index (χ1n) is 5.17. The molecule has 1 fully saturated rings.